The minimum atomic E-state index is -4.52. The Labute approximate surface area is 107 Å². The topological polar surface area (TPSA) is 80.9 Å². The van der Waals surface area contributed by atoms with Gasteiger partial charge in [-0.05, 0) is 18.9 Å². The molecule has 1 aromatic rings. The van der Waals surface area contributed by atoms with Gasteiger partial charge in [-0.1, -0.05) is 6.42 Å². The van der Waals surface area contributed by atoms with Crippen LogP contribution < -0.4 is 11.1 Å². The van der Waals surface area contributed by atoms with Gasteiger partial charge in [0.25, 0.3) is 0 Å². The van der Waals surface area contributed by atoms with Gasteiger partial charge in [0, 0.05) is 12.2 Å². The Hall–Kier alpha value is -1.86. The Bertz CT molecular complexity index is 477. The van der Waals surface area contributed by atoms with Crippen molar-refractivity contribution in [2.75, 3.05) is 5.32 Å². The Morgan fingerprint density at radius 2 is 2.16 bits per heavy atom. The van der Waals surface area contributed by atoms with Crippen LogP contribution in [0.25, 0.3) is 0 Å². The summed E-state index contributed by atoms with van der Waals surface area (Å²) < 4.78 is 37.5. The molecule has 19 heavy (non-hydrogen) atoms. The van der Waals surface area contributed by atoms with E-state index in [1.807, 2.05) is 0 Å². The summed E-state index contributed by atoms with van der Waals surface area (Å²) in [6, 6.07) is 0.492. The number of carbonyl (C=O) groups is 1. The van der Waals surface area contributed by atoms with Crippen LogP contribution in [-0.2, 0) is 11.0 Å². The molecule has 0 radical (unpaired) electrons. The predicted octanol–water partition coefficient (Wildman–Crippen LogP) is 1.56. The molecule has 1 amide bonds. The van der Waals surface area contributed by atoms with Gasteiger partial charge in [0.1, 0.15) is 5.69 Å². The van der Waals surface area contributed by atoms with Gasteiger partial charge in [-0.2, -0.15) is 13.2 Å². The molecule has 1 fully saturated rings. The maximum Gasteiger partial charge on any atom is 0.433 e. The zero-order valence-corrected chi connectivity index (χ0v) is 9.94. The first kappa shape index (κ1) is 13.6. The van der Waals surface area contributed by atoms with Crippen LogP contribution in [0.1, 0.15) is 25.0 Å². The fourth-order valence-corrected chi connectivity index (χ4v) is 2.23. The number of nitrogens with zero attached hydrogens (tertiary/aromatic N) is 2. The van der Waals surface area contributed by atoms with Crippen molar-refractivity contribution < 1.29 is 18.0 Å². The van der Waals surface area contributed by atoms with E-state index in [0.29, 0.717) is 12.8 Å². The number of primary amides is 1. The molecule has 104 valence electrons. The molecule has 1 aromatic heterocycles. The molecule has 0 aromatic carbocycles. The number of carbonyl (C=O) groups excluding carboxylic acids is 1. The van der Waals surface area contributed by atoms with E-state index in [-0.39, 0.29) is 12.0 Å². The second kappa shape index (κ2) is 5.02. The van der Waals surface area contributed by atoms with Gasteiger partial charge >= 0.3 is 6.18 Å². The van der Waals surface area contributed by atoms with Crippen molar-refractivity contribution in [3.8, 4) is 0 Å². The number of alkyl halides is 3. The summed E-state index contributed by atoms with van der Waals surface area (Å²) in [6.07, 6.45) is -1.39. The Morgan fingerprint density at radius 1 is 1.42 bits per heavy atom. The summed E-state index contributed by atoms with van der Waals surface area (Å²) in [7, 11) is 0. The molecule has 1 heterocycles. The number of hydrogen-bond donors (Lipinski definition) is 2. The van der Waals surface area contributed by atoms with Gasteiger partial charge in [0.05, 0.1) is 5.92 Å². The molecule has 0 unspecified atom stereocenters. The highest BCUT2D eigenvalue weighted by molar-refractivity contribution is 5.78. The minimum absolute atomic E-state index is 0.132. The quantitative estimate of drug-likeness (QED) is 0.876. The zero-order chi connectivity index (χ0) is 14.0. The van der Waals surface area contributed by atoms with Crippen molar-refractivity contribution in [3.05, 3.63) is 18.0 Å². The van der Waals surface area contributed by atoms with E-state index in [1.54, 1.807) is 0 Å². The monoisotopic (exact) mass is 274 g/mol. The summed E-state index contributed by atoms with van der Waals surface area (Å²) in [5.74, 6) is -0.979. The molecule has 1 saturated carbocycles. The number of rotatable bonds is 3. The van der Waals surface area contributed by atoms with Crippen LogP contribution in [0, 0.1) is 5.92 Å². The van der Waals surface area contributed by atoms with E-state index in [1.165, 1.54) is 0 Å². The second-order valence-corrected chi connectivity index (χ2v) is 4.45. The van der Waals surface area contributed by atoms with E-state index in [9.17, 15) is 18.0 Å². The Balaban J connectivity index is 2.13. The lowest BCUT2D eigenvalue weighted by Crippen LogP contribution is -2.34. The van der Waals surface area contributed by atoms with E-state index in [0.717, 1.165) is 18.7 Å². The van der Waals surface area contributed by atoms with Gasteiger partial charge in [-0.25, -0.2) is 9.97 Å². The van der Waals surface area contributed by atoms with Gasteiger partial charge in [-0.3, -0.25) is 4.79 Å². The van der Waals surface area contributed by atoms with Crippen molar-refractivity contribution in [1.82, 2.24) is 9.97 Å². The third-order valence-corrected chi connectivity index (χ3v) is 3.14. The van der Waals surface area contributed by atoms with Crippen molar-refractivity contribution in [2.24, 2.45) is 11.7 Å². The smallest absolute Gasteiger partial charge is 0.369 e. The van der Waals surface area contributed by atoms with Gasteiger partial charge in [-0.15, -0.1) is 0 Å². The van der Waals surface area contributed by atoms with Crippen LogP contribution in [0.15, 0.2) is 12.3 Å². The van der Waals surface area contributed by atoms with Gasteiger partial charge < -0.3 is 11.1 Å². The molecular weight excluding hydrogens is 261 g/mol. The fourth-order valence-electron chi connectivity index (χ4n) is 2.23. The molecule has 8 heteroatoms. The molecule has 0 saturated heterocycles. The number of nitrogens with two attached hydrogens (primary N) is 1. The average Bonchev–Trinajstić information content (AvgIpc) is 2.76. The Morgan fingerprint density at radius 3 is 2.79 bits per heavy atom. The minimum Gasteiger partial charge on any atom is -0.369 e. The number of amides is 1. The summed E-state index contributed by atoms with van der Waals surface area (Å²) in [4.78, 5) is 18.3. The summed E-state index contributed by atoms with van der Waals surface area (Å²) in [5.41, 5.74) is 4.23. The van der Waals surface area contributed by atoms with Crippen LogP contribution in [-0.4, -0.2) is 21.9 Å². The number of hydrogen-bond acceptors (Lipinski definition) is 4. The molecule has 2 rings (SSSR count). The van der Waals surface area contributed by atoms with E-state index in [4.69, 9.17) is 5.73 Å². The maximum absolute atomic E-state index is 12.5. The molecule has 1 aliphatic carbocycles. The average molecular weight is 274 g/mol. The summed E-state index contributed by atoms with van der Waals surface area (Å²) in [5, 5.41) is 2.76. The SMILES string of the molecule is NC(=O)[C@@H]1CCC[C@H]1Nc1nccc(C(F)(F)F)n1. The molecular formula is C11H13F3N4O. The molecule has 0 bridgehead atoms. The van der Waals surface area contributed by atoms with Crippen LogP contribution in [0.4, 0.5) is 19.1 Å². The highest BCUT2D eigenvalue weighted by Gasteiger charge is 2.34. The zero-order valence-electron chi connectivity index (χ0n) is 9.94. The Kier molecular flexibility index (Phi) is 3.59. The van der Waals surface area contributed by atoms with E-state index in [2.05, 4.69) is 15.3 Å². The lowest BCUT2D eigenvalue weighted by atomic mass is 10.0. The third-order valence-electron chi connectivity index (χ3n) is 3.14. The normalized spacial score (nSPS) is 23.3. The van der Waals surface area contributed by atoms with Crippen molar-refractivity contribution >= 4 is 11.9 Å². The molecule has 0 aliphatic heterocycles. The first-order valence-electron chi connectivity index (χ1n) is 5.84. The van der Waals surface area contributed by atoms with Crippen molar-refractivity contribution in [3.63, 3.8) is 0 Å². The highest BCUT2D eigenvalue weighted by Crippen LogP contribution is 2.30. The van der Waals surface area contributed by atoms with Gasteiger partial charge in [0.2, 0.25) is 11.9 Å². The van der Waals surface area contributed by atoms with E-state index >= 15 is 0 Å². The van der Waals surface area contributed by atoms with Crippen LogP contribution in [0.5, 0.6) is 0 Å². The molecule has 3 N–H and O–H groups in total. The number of halogens is 3. The van der Waals surface area contributed by atoms with Crippen molar-refractivity contribution in [1.29, 1.82) is 0 Å². The van der Waals surface area contributed by atoms with Gasteiger partial charge in [0.15, 0.2) is 0 Å². The van der Waals surface area contributed by atoms with Crippen molar-refractivity contribution in [2.45, 2.75) is 31.5 Å². The van der Waals surface area contributed by atoms with Crippen LogP contribution in [0.3, 0.4) is 0 Å². The van der Waals surface area contributed by atoms with Crippen LogP contribution >= 0.6 is 0 Å². The van der Waals surface area contributed by atoms with Crippen LogP contribution in [0.2, 0.25) is 0 Å². The molecule has 0 spiro atoms. The summed E-state index contributed by atoms with van der Waals surface area (Å²) in [6.45, 7) is 0. The highest BCUT2D eigenvalue weighted by atomic mass is 19.4. The maximum atomic E-state index is 12.5. The molecule has 2 atom stereocenters. The number of anilines is 1. The second-order valence-electron chi connectivity index (χ2n) is 4.45. The van der Waals surface area contributed by atoms with E-state index < -0.39 is 23.7 Å². The number of aromatic nitrogens is 2. The third kappa shape index (κ3) is 3.12. The first-order chi connectivity index (χ1) is 8.88. The standard InChI is InChI=1S/C11H13F3N4O/c12-11(13,14)8-4-5-16-10(18-8)17-7-3-1-2-6(7)9(15)19/h4-7H,1-3H2,(H2,15,19)(H,16,17,18)/t6-,7-/m1/s1. The lowest BCUT2D eigenvalue weighted by molar-refractivity contribution is -0.141. The molecule has 5 nitrogen and oxygen atoms in total. The first-order valence-corrected chi connectivity index (χ1v) is 5.84. The molecule has 1 aliphatic rings. The fraction of sp³-hybridized carbons (Fsp3) is 0.545. The largest absolute Gasteiger partial charge is 0.433 e. The predicted molar refractivity (Wildman–Crippen MR) is 61.0 cm³/mol. The lowest BCUT2D eigenvalue weighted by Gasteiger charge is -2.18. The number of nitrogens with one attached hydrogen (secondary N) is 1. The summed E-state index contributed by atoms with van der Waals surface area (Å²) >= 11 is 0.